The number of hydrogen-bond donors (Lipinski definition) is 1. The highest BCUT2D eigenvalue weighted by atomic mass is 35.5. The van der Waals surface area contributed by atoms with Crippen molar-refractivity contribution in [2.24, 2.45) is 5.73 Å². The first-order valence-electron chi connectivity index (χ1n) is 4.83. The molecule has 2 N–H and O–H groups in total. The van der Waals surface area contributed by atoms with Crippen molar-refractivity contribution in [2.45, 2.75) is 17.9 Å². The zero-order valence-electron chi connectivity index (χ0n) is 9.63. The van der Waals surface area contributed by atoms with Gasteiger partial charge in [0, 0.05) is 19.6 Å². The van der Waals surface area contributed by atoms with E-state index in [2.05, 4.69) is 0 Å². The number of nitrogens with zero attached hydrogens (tertiary/aromatic N) is 1. The molecule has 0 heterocycles. The molecule has 1 aromatic rings. The monoisotopic (exact) mass is 282 g/mol. The van der Waals surface area contributed by atoms with Gasteiger partial charge in [-0.25, -0.2) is 12.8 Å². The minimum atomic E-state index is -3.58. The molecule has 1 aromatic carbocycles. The zero-order chi connectivity index (χ0) is 12.3. The van der Waals surface area contributed by atoms with Gasteiger partial charge in [0.1, 0.15) is 5.82 Å². The van der Waals surface area contributed by atoms with E-state index in [1.807, 2.05) is 0 Å². The Kier molecular flexibility index (Phi) is 6.04. The highest BCUT2D eigenvalue weighted by Crippen LogP contribution is 2.16. The van der Waals surface area contributed by atoms with Gasteiger partial charge in [-0.1, -0.05) is 0 Å². The summed E-state index contributed by atoms with van der Waals surface area (Å²) in [6.07, 6.45) is 0. The summed E-state index contributed by atoms with van der Waals surface area (Å²) in [7, 11) is -2.13. The number of nitrogens with two attached hydrogens (primary N) is 1. The van der Waals surface area contributed by atoms with Gasteiger partial charge in [-0.05, 0) is 31.2 Å². The fraction of sp³-hybridized carbons (Fsp3) is 0.400. The summed E-state index contributed by atoms with van der Waals surface area (Å²) in [5.41, 5.74) is 5.41. The number of rotatable bonds is 4. The largest absolute Gasteiger partial charge is 0.329 e. The van der Waals surface area contributed by atoms with Crippen LogP contribution in [-0.4, -0.2) is 32.4 Å². The maximum atomic E-state index is 12.7. The van der Waals surface area contributed by atoms with E-state index in [1.54, 1.807) is 6.92 Å². The van der Waals surface area contributed by atoms with Gasteiger partial charge in [-0.15, -0.1) is 12.4 Å². The van der Waals surface area contributed by atoms with Crippen LogP contribution in [0.15, 0.2) is 29.2 Å². The van der Waals surface area contributed by atoms with Crippen LogP contribution in [0.25, 0.3) is 0 Å². The van der Waals surface area contributed by atoms with Crippen molar-refractivity contribution in [1.82, 2.24) is 4.31 Å². The third kappa shape index (κ3) is 3.64. The molecular weight excluding hydrogens is 267 g/mol. The van der Waals surface area contributed by atoms with Crippen LogP contribution in [-0.2, 0) is 10.0 Å². The van der Waals surface area contributed by atoms with E-state index >= 15 is 0 Å². The first-order valence-corrected chi connectivity index (χ1v) is 6.27. The van der Waals surface area contributed by atoms with Crippen LogP contribution in [0.2, 0.25) is 0 Å². The van der Waals surface area contributed by atoms with E-state index in [-0.39, 0.29) is 29.9 Å². The van der Waals surface area contributed by atoms with Gasteiger partial charge in [0.05, 0.1) is 4.90 Å². The Morgan fingerprint density at radius 2 is 1.82 bits per heavy atom. The van der Waals surface area contributed by atoms with Crippen LogP contribution >= 0.6 is 12.4 Å². The summed E-state index contributed by atoms with van der Waals surface area (Å²) < 4.78 is 37.8. The second-order valence-corrected chi connectivity index (χ2v) is 5.56. The highest BCUT2D eigenvalue weighted by Gasteiger charge is 2.24. The van der Waals surface area contributed by atoms with Crippen LogP contribution in [0.4, 0.5) is 4.39 Å². The average molecular weight is 283 g/mol. The van der Waals surface area contributed by atoms with Crippen molar-refractivity contribution in [3.05, 3.63) is 30.1 Å². The maximum Gasteiger partial charge on any atom is 0.243 e. The van der Waals surface area contributed by atoms with E-state index in [4.69, 9.17) is 5.73 Å². The molecule has 0 radical (unpaired) electrons. The topological polar surface area (TPSA) is 63.4 Å². The second kappa shape index (κ2) is 6.30. The molecule has 17 heavy (non-hydrogen) atoms. The first kappa shape index (κ1) is 16.3. The van der Waals surface area contributed by atoms with Crippen LogP contribution in [0, 0.1) is 5.82 Å². The van der Waals surface area contributed by atoms with Crippen molar-refractivity contribution in [3.8, 4) is 0 Å². The summed E-state index contributed by atoms with van der Waals surface area (Å²) in [6, 6.07) is 4.42. The third-order valence-corrected chi connectivity index (χ3v) is 4.44. The average Bonchev–Trinajstić information content (AvgIpc) is 2.27. The predicted molar refractivity (Wildman–Crippen MR) is 67.1 cm³/mol. The van der Waals surface area contributed by atoms with Gasteiger partial charge in [0.25, 0.3) is 0 Å². The SMILES string of the molecule is CC(CN)N(C)S(=O)(=O)c1ccc(F)cc1.Cl. The summed E-state index contributed by atoms with van der Waals surface area (Å²) in [5, 5.41) is 0. The molecule has 1 rings (SSSR count). The summed E-state index contributed by atoms with van der Waals surface area (Å²) in [5.74, 6) is -0.464. The predicted octanol–water partition coefficient (Wildman–Crippen LogP) is 1.22. The Hall–Kier alpha value is -0.690. The van der Waals surface area contributed by atoms with Gasteiger partial charge >= 0.3 is 0 Å². The summed E-state index contributed by atoms with van der Waals surface area (Å²) in [6.45, 7) is 1.94. The molecule has 0 saturated heterocycles. The van der Waals surface area contributed by atoms with Crippen LogP contribution < -0.4 is 5.73 Å². The van der Waals surface area contributed by atoms with Crippen molar-refractivity contribution < 1.29 is 12.8 Å². The van der Waals surface area contributed by atoms with Crippen LogP contribution in [0.5, 0.6) is 0 Å². The van der Waals surface area contributed by atoms with Gasteiger partial charge < -0.3 is 5.73 Å². The molecule has 0 amide bonds. The number of halogens is 2. The lowest BCUT2D eigenvalue weighted by Gasteiger charge is -2.22. The molecule has 0 fully saturated rings. The molecule has 0 aromatic heterocycles. The van der Waals surface area contributed by atoms with E-state index in [9.17, 15) is 12.8 Å². The van der Waals surface area contributed by atoms with Crippen LogP contribution in [0.3, 0.4) is 0 Å². The van der Waals surface area contributed by atoms with Gasteiger partial charge in [-0.2, -0.15) is 4.31 Å². The van der Waals surface area contributed by atoms with Crippen molar-refractivity contribution in [2.75, 3.05) is 13.6 Å². The smallest absolute Gasteiger partial charge is 0.243 e. The second-order valence-electron chi connectivity index (χ2n) is 3.56. The number of hydrogen-bond acceptors (Lipinski definition) is 3. The van der Waals surface area contributed by atoms with E-state index in [0.717, 1.165) is 12.1 Å². The number of sulfonamides is 1. The molecule has 7 heteroatoms. The molecule has 0 aliphatic heterocycles. The van der Waals surface area contributed by atoms with Gasteiger partial charge in [-0.3, -0.25) is 0 Å². The molecule has 98 valence electrons. The summed E-state index contributed by atoms with van der Waals surface area (Å²) in [4.78, 5) is 0.0664. The number of likely N-dealkylation sites (N-methyl/N-ethyl adjacent to an activating group) is 1. The third-order valence-electron chi connectivity index (χ3n) is 2.45. The van der Waals surface area contributed by atoms with Crippen molar-refractivity contribution in [1.29, 1.82) is 0 Å². The van der Waals surface area contributed by atoms with Crippen LogP contribution in [0.1, 0.15) is 6.92 Å². The molecule has 0 aliphatic carbocycles. The van der Waals surface area contributed by atoms with Gasteiger partial charge in [0.2, 0.25) is 10.0 Å². The lowest BCUT2D eigenvalue weighted by Crippen LogP contribution is -2.39. The Bertz CT molecular complexity index is 450. The van der Waals surface area contributed by atoms with E-state index < -0.39 is 15.8 Å². The minimum Gasteiger partial charge on any atom is -0.329 e. The number of benzene rings is 1. The Morgan fingerprint density at radius 3 is 2.24 bits per heavy atom. The molecule has 1 unspecified atom stereocenters. The quantitative estimate of drug-likeness (QED) is 0.903. The lowest BCUT2D eigenvalue weighted by molar-refractivity contribution is 0.394. The molecule has 1 atom stereocenters. The molecule has 0 saturated carbocycles. The molecule has 0 aliphatic rings. The minimum absolute atomic E-state index is 0. The first-order chi connectivity index (χ1) is 7.39. The molecule has 0 bridgehead atoms. The highest BCUT2D eigenvalue weighted by molar-refractivity contribution is 7.89. The van der Waals surface area contributed by atoms with E-state index in [1.165, 1.54) is 23.5 Å². The fourth-order valence-electron chi connectivity index (χ4n) is 1.16. The Labute approximate surface area is 107 Å². The van der Waals surface area contributed by atoms with Crippen molar-refractivity contribution in [3.63, 3.8) is 0 Å². The van der Waals surface area contributed by atoms with Crippen molar-refractivity contribution >= 4 is 22.4 Å². The normalized spacial score (nSPS) is 13.2. The Morgan fingerprint density at radius 1 is 1.35 bits per heavy atom. The molecule has 4 nitrogen and oxygen atoms in total. The Balaban J connectivity index is 0.00000256. The summed E-state index contributed by atoms with van der Waals surface area (Å²) >= 11 is 0. The molecular formula is C10H16ClFN2O2S. The lowest BCUT2D eigenvalue weighted by atomic mass is 10.3. The van der Waals surface area contributed by atoms with Gasteiger partial charge in [0.15, 0.2) is 0 Å². The van der Waals surface area contributed by atoms with E-state index in [0.29, 0.717) is 0 Å². The molecule has 0 spiro atoms. The zero-order valence-corrected chi connectivity index (χ0v) is 11.3. The maximum absolute atomic E-state index is 12.7. The fourth-order valence-corrected chi connectivity index (χ4v) is 2.53. The standard InChI is InChI=1S/C10H15FN2O2S.ClH/c1-8(7-12)13(2)16(14,15)10-5-3-9(11)4-6-10;/h3-6,8H,7,12H2,1-2H3;1H.